The van der Waals surface area contributed by atoms with E-state index in [0.717, 1.165) is 11.6 Å². The number of aromatic nitrogens is 6. The van der Waals surface area contributed by atoms with Crippen molar-refractivity contribution in [3.8, 4) is 0 Å². The highest BCUT2D eigenvalue weighted by Crippen LogP contribution is 2.33. The van der Waals surface area contributed by atoms with Gasteiger partial charge in [-0.1, -0.05) is 0 Å². The predicted molar refractivity (Wildman–Crippen MR) is 142 cm³/mol. The second-order valence-corrected chi connectivity index (χ2v) is 8.60. The van der Waals surface area contributed by atoms with Crippen LogP contribution in [0, 0.1) is 6.92 Å². The van der Waals surface area contributed by atoms with Gasteiger partial charge >= 0.3 is 6.18 Å². The fourth-order valence-electron chi connectivity index (χ4n) is 4.13. The van der Waals surface area contributed by atoms with E-state index >= 15 is 0 Å². The molecule has 0 aromatic carbocycles. The first-order valence-corrected chi connectivity index (χ1v) is 11.0. The Morgan fingerprint density at radius 3 is 2.51 bits per heavy atom. The Morgan fingerprint density at radius 2 is 1.89 bits per heavy atom. The highest BCUT2D eigenvalue weighted by molar-refractivity contribution is 7.59. The Kier molecular flexibility index (Phi) is 9.65. The number of carbonyl (C=O) groups excluding carboxylic acids is 1. The summed E-state index contributed by atoms with van der Waals surface area (Å²) in [5.74, 6) is 1.08. The number of methoxy groups -OCH3 is 1. The average molecular weight is 561 g/mol. The van der Waals surface area contributed by atoms with E-state index in [4.69, 9.17) is 4.74 Å². The molecule has 37 heavy (non-hydrogen) atoms. The standard InChI is InChI=1S/C22H27F3N8O2.2H2S/c1-12-18-20(31(3)19(13(2)35-5)21(34)29-18)28-17(27-12)7-6-14-9-26-33(10-14)11-15-8-16(22(23,24)25)30-32(15)4;;/h8-10,13,19H,6-7,11H2,1-5H3,(H,29,34);2*1H2/t13-,19-;;/m0../s1. The third-order valence-corrected chi connectivity index (χ3v) is 6.12. The first-order chi connectivity index (χ1) is 16.5. The van der Waals surface area contributed by atoms with E-state index in [0.29, 0.717) is 41.6 Å². The van der Waals surface area contributed by atoms with Gasteiger partial charge in [0, 0.05) is 33.8 Å². The predicted octanol–water partition coefficient (Wildman–Crippen LogP) is 2.58. The molecule has 10 nitrogen and oxygen atoms in total. The number of fused-ring (bicyclic) bond motifs is 1. The van der Waals surface area contributed by atoms with Gasteiger partial charge in [0.05, 0.1) is 30.2 Å². The Hall–Kier alpha value is -2.78. The van der Waals surface area contributed by atoms with E-state index in [1.807, 2.05) is 18.7 Å². The van der Waals surface area contributed by atoms with Crippen molar-refractivity contribution in [3.63, 3.8) is 0 Å². The number of aryl methyl sites for hydroxylation is 4. The summed E-state index contributed by atoms with van der Waals surface area (Å²) in [4.78, 5) is 23.6. The molecule has 15 heteroatoms. The summed E-state index contributed by atoms with van der Waals surface area (Å²) in [6.45, 7) is 3.81. The molecule has 0 spiro atoms. The number of ether oxygens (including phenoxy) is 1. The molecule has 0 bridgehead atoms. The Bertz CT molecular complexity index is 1250. The van der Waals surface area contributed by atoms with Crippen LogP contribution in [-0.2, 0) is 42.1 Å². The number of anilines is 2. The van der Waals surface area contributed by atoms with Gasteiger partial charge in [-0.05, 0) is 31.9 Å². The van der Waals surface area contributed by atoms with E-state index in [-0.39, 0.29) is 45.5 Å². The monoisotopic (exact) mass is 560 g/mol. The molecule has 1 aliphatic rings. The van der Waals surface area contributed by atoms with Gasteiger partial charge in [-0.25, -0.2) is 9.97 Å². The SMILES string of the molecule is CO[C@@H](C)[C@H]1C(=O)Nc2c(C)nc(CCc3cnn(Cc4cc(C(F)(F)F)nn4C)c3)nc2N1C.S.S. The van der Waals surface area contributed by atoms with Crippen LogP contribution >= 0.6 is 27.0 Å². The van der Waals surface area contributed by atoms with Crippen molar-refractivity contribution in [2.75, 3.05) is 24.4 Å². The highest BCUT2D eigenvalue weighted by Gasteiger charge is 2.37. The summed E-state index contributed by atoms with van der Waals surface area (Å²) in [5.41, 5.74) is 1.62. The van der Waals surface area contributed by atoms with Crippen molar-refractivity contribution >= 4 is 44.4 Å². The lowest BCUT2D eigenvalue weighted by Crippen LogP contribution is -2.53. The van der Waals surface area contributed by atoms with Gasteiger partial charge in [-0.2, -0.15) is 50.4 Å². The van der Waals surface area contributed by atoms with Gasteiger partial charge in [0.25, 0.3) is 0 Å². The van der Waals surface area contributed by atoms with Crippen molar-refractivity contribution in [1.82, 2.24) is 29.5 Å². The molecule has 1 aliphatic heterocycles. The minimum atomic E-state index is -4.49. The topological polar surface area (TPSA) is 103 Å². The molecule has 2 atom stereocenters. The molecular weight excluding hydrogens is 529 g/mol. The molecule has 0 fully saturated rings. The number of hydrogen-bond donors (Lipinski definition) is 1. The molecule has 1 amide bonds. The van der Waals surface area contributed by atoms with Gasteiger partial charge in [0.2, 0.25) is 5.91 Å². The molecule has 4 heterocycles. The number of amides is 1. The first kappa shape index (κ1) is 30.4. The number of nitrogens with one attached hydrogen (secondary N) is 1. The first-order valence-electron chi connectivity index (χ1n) is 11.0. The number of hydrogen-bond acceptors (Lipinski definition) is 7. The summed E-state index contributed by atoms with van der Waals surface area (Å²) in [6, 6.07) is 0.510. The molecule has 1 N–H and O–H groups in total. The highest BCUT2D eigenvalue weighted by atomic mass is 32.1. The van der Waals surface area contributed by atoms with Crippen LogP contribution in [0.15, 0.2) is 18.5 Å². The van der Waals surface area contributed by atoms with Crippen LogP contribution in [0.25, 0.3) is 0 Å². The van der Waals surface area contributed by atoms with E-state index in [9.17, 15) is 18.0 Å². The lowest BCUT2D eigenvalue weighted by Gasteiger charge is -2.37. The summed E-state index contributed by atoms with van der Waals surface area (Å²) in [5, 5.41) is 10.7. The number of likely N-dealkylation sites (N-methyl/N-ethyl adjacent to an activating group) is 1. The maximum atomic E-state index is 12.9. The third kappa shape index (κ3) is 6.38. The van der Waals surface area contributed by atoms with E-state index < -0.39 is 17.9 Å². The maximum absolute atomic E-state index is 12.9. The Balaban J connectivity index is 0.00000241. The molecule has 3 aromatic rings. The van der Waals surface area contributed by atoms with Crippen LogP contribution < -0.4 is 10.2 Å². The van der Waals surface area contributed by atoms with Gasteiger partial charge in [0.15, 0.2) is 11.5 Å². The van der Waals surface area contributed by atoms with Crippen molar-refractivity contribution in [1.29, 1.82) is 0 Å². The average Bonchev–Trinajstić information content (AvgIpc) is 3.39. The van der Waals surface area contributed by atoms with Gasteiger partial charge in [-0.3, -0.25) is 14.2 Å². The van der Waals surface area contributed by atoms with Crippen molar-refractivity contribution in [2.45, 2.75) is 51.6 Å². The Labute approximate surface area is 226 Å². The number of alkyl halides is 3. The molecule has 0 aliphatic carbocycles. The van der Waals surface area contributed by atoms with Crippen LogP contribution in [0.5, 0.6) is 0 Å². The molecule has 0 saturated carbocycles. The number of carbonyl (C=O) groups is 1. The van der Waals surface area contributed by atoms with Crippen molar-refractivity contribution in [2.24, 2.45) is 7.05 Å². The number of rotatable bonds is 7. The number of nitrogens with zero attached hydrogens (tertiary/aromatic N) is 7. The number of halogens is 3. The molecular formula is C22H31F3N8O2S2. The molecule has 3 aromatic heterocycles. The zero-order valence-electron chi connectivity index (χ0n) is 21.1. The minimum absolute atomic E-state index is 0. The van der Waals surface area contributed by atoms with E-state index in [1.54, 1.807) is 31.2 Å². The maximum Gasteiger partial charge on any atom is 0.435 e. The van der Waals surface area contributed by atoms with Gasteiger partial charge in [-0.15, -0.1) is 0 Å². The normalized spacial score (nSPS) is 15.9. The molecule has 4 rings (SSSR count). The molecule has 0 radical (unpaired) electrons. The van der Waals surface area contributed by atoms with Crippen LogP contribution in [0.2, 0.25) is 0 Å². The fraction of sp³-hybridized carbons (Fsp3) is 0.500. The second kappa shape index (κ2) is 11.7. The quantitative estimate of drug-likeness (QED) is 0.474. The van der Waals surface area contributed by atoms with E-state index in [2.05, 4.69) is 25.5 Å². The minimum Gasteiger partial charge on any atom is -0.379 e. The molecule has 204 valence electrons. The molecule has 0 saturated heterocycles. The van der Waals surface area contributed by atoms with Crippen LogP contribution in [0.3, 0.4) is 0 Å². The lowest BCUT2D eigenvalue weighted by molar-refractivity contribution is -0.141. The van der Waals surface area contributed by atoms with Crippen molar-refractivity contribution < 1.29 is 22.7 Å². The largest absolute Gasteiger partial charge is 0.435 e. The molecule has 0 unspecified atom stereocenters. The summed E-state index contributed by atoms with van der Waals surface area (Å²) in [7, 11) is 4.84. The third-order valence-electron chi connectivity index (χ3n) is 6.12. The Morgan fingerprint density at radius 1 is 1.19 bits per heavy atom. The fourth-order valence-corrected chi connectivity index (χ4v) is 4.13. The summed E-state index contributed by atoms with van der Waals surface area (Å²) < 4.78 is 46.9. The summed E-state index contributed by atoms with van der Waals surface area (Å²) >= 11 is 0. The zero-order chi connectivity index (χ0) is 25.5. The van der Waals surface area contributed by atoms with Crippen LogP contribution in [0.1, 0.15) is 35.4 Å². The summed E-state index contributed by atoms with van der Waals surface area (Å²) in [6.07, 6.45) is -0.245. The van der Waals surface area contributed by atoms with Crippen molar-refractivity contribution in [3.05, 3.63) is 46.9 Å². The second-order valence-electron chi connectivity index (χ2n) is 8.60. The van der Waals surface area contributed by atoms with Gasteiger partial charge < -0.3 is 15.0 Å². The van der Waals surface area contributed by atoms with Crippen LogP contribution in [-0.4, -0.2) is 61.7 Å². The van der Waals surface area contributed by atoms with E-state index in [1.165, 1.54) is 11.7 Å². The van der Waals surface area contributed by atoms with Gasteiger partial charge in [0.1, 0.15) is 17.6 Å². The smallest absolute Gasteiger partial charge is 0.379 e. The zero-order valence-corrected chi connectivity index (χ0v) is 23.1. The van der Waals surface area contributed by atoms with Crippen LogP contribution in [0.4, 0.5) is 24.7 Å². The lowest BCUT2D eigenvalue weighted by atomic mass is 10.1.